The van der Waals surface area contributed by atoms with Crippen LogP contribution in [-0.4, -0.2) is 40.7 Å². The molecule has 2 aromatic rings. The number of piperidine rings is 1. The number of aromatic nitrogens is 2. The van der Waals surface area contributed by atoms with Crippen LogP contribution in [0, 0.1) is 12.8 Å². The lowest BCUT2D eigenvalue weighted by molar-refractivity contribution is 0.0831. The van der Waals surface area contributed by atoms with E-state index in [4.69, 9.17) is 9.72 Å². The number of rotatable bonds is 3. The van der Waals surface area contributed by atoms with Gasteiger partial charge in [-0.1, -0.05) is 19.9 Å². The van der Waals surface area contributed by atoms with Gasteiger partial charge in [-0.25, -0.2) is 9.78 Å². The molecule has 1 N–H and O–H groups in total. The summed E-state index contributed by atoms with van der Waals surface area (Å²) in [5.41, 5.74) is 3.35. The van der Waals surface area contributed by atoms with E-state index in [1.165, 1.54) is 5.56 Å². The molecular weight excluding hydrogens is 290 g/mol. The SMILES string of the molecule is Cc1ccc2nc(C3CCN(C(=O)OCC(C)C)CC3)[nH]c2c1. The van der Waals surface area contributed by atoms with Gasteiger partial charge in [0.25, 0.3) is 0 Å². The third-order valence-electron chi connectivity index (χ3n) is 4.34. The first-order chi connectivity index (χ1) is 11.0. The Balaban J connectivity index is 1.60. The van der Waals surface area contributed by atoms with Gasteiger partial charge < -0.3 is 14.6 Å². The Bertz CT molecular complexity index is 685. The quantitative estimate of drug-likeness (QED) is 0.936. The number of aromatic amines is 1. The molecule has 1 aliphatic heterocycles. The number of hydrogen-bond donors (Lipinski definition) is 1. The fraction of sp³-hybridized carbons (Fsp3) is 0.556. The molecule has 0 spiro atoms. The fourth-order valence-corrected chi connectivity index (χ4v) is 3.00. The van der Waals surface area contributed by atoms with Gasteiger partial charge in [0.15, 0.2) is 0 Å². The van der Waals surface area contributed by atoms with Gasteiger partial charge in [-0.05, 0) is 43.4 Å². The molecule has 1 aliphatic rings. The molecule has 23 heavy (non-hydrogen) atoms. The van der Waals surface area contributed by atoms with Gasteiger partial charge in [0.05, 0.1) is 17.6 Å². The third kappa shape index (κ3) is 3.66. The Kier molecular flexibility index (Phi) is 4.55. The van der Waals surface area contributed by atoms with Crippen molar-refractivity contribution < 1.29 is 9.53 Å². The monoisotopic (exact) mass is 315 g/mol. The zero-order valence-corrected chi connectivity index (χ0v) is 14.1. The number of fused-ring (bicyclic) bond motifs is 1. The van der Waals surface area contributed by atoms with E-state index >= 15 is 0 Å². The van der Waals surface area contributed by atoms with Crippen molar-refractivity contribution >= 4 is 17.1 Å². The van der Waals surface area contributed by atoms with Crippen LogP contribution in [0.4, 0.5) is 4.79 Å². The van der Waals surface area contributed by atoms with Crippen LogP contribution in [0.3, 0.4) is 0 Å². The maximum absolute atomic E-state index is 12.0. The summed E-state index contributed by atoms with van der Waals surface area (Å²) in [6, 6.07) is 6.27. The van der Waals surface area contributed by atoms with E-state index in [9.17, 15) is 4.79 Å². The van der Waals surface area contributed by atoms with Crippen molar-refractivity contribution in [3.63, 3.8) is 0 Å². The number of carbonyl (C=O) groups is 1. The Labute approximate surface area is 137 Å². The summed E-state index contributed by atoms with van der Waals surface area (Å²) >= 11 is 0. The predicted molar refractivity (Wildman–Crippen MR) is 90.6 cm³/mol. The highest BCUT2D eigenvalue weighted by atomic mass is 16.6. The van der Waals surface area contributed by atoms with Crippen LogP contribution in [0.25, 0.3) is 11.0 Å². The molecule has 3 rings (SSSR count). The minimum absolute atomic E-state index is 0.183. The Morgan fingerprint density at radius 3 is 2.83 bits per heavy atom. The number of nitrogens with one attached hydrogen (secondary N) is 1. The number of carbonyl (C=O) groups excluding carboxylic acids is 1. The second-order valence-electron chi connectivity index (χ2n) is 6.87. The molecule has 1 saturated heterocycles. The van der Waals surface area contributed by atoms with Crippen molar-refractivity contribution in [3.8, 4) is 0 Å². The smallest absolute Gasteiger partial charge is 0.409 e. The van der Waals surface area contributed by atoms with E-state index < -0.39 is 0 Å². The topological polar surface area (TPSA) is 58.2 Å². The standard InChI is InChI=1S/C18H25N3O2/c1-12(2)11-23-18(22)21-8-6-14(7-9-21)17-19-15-5-4-13(3)10-16(15)20-17/h4-5,10,12,14H,6-9,11H2,1-3H3,(H,19,20). The molecule has 0 bridgehead atoms. The molecule has 0 radical (unpaired) electrons. The molecule has 5 nitrogen and oxygen atoms in total. The number of benzene rings is 1. The van der Waals surface area contributed by atoms with Gasteiger partial charge in [-0.2, -0.15) is 0 Å². The number of aryl methyl sites for hydroxylation is 1. The molecule has 1 aromatic carbocycles. The van der Waals surface area contributed by atoms with Crippen LogP contribution in [0.5, 0.6) is 0 Å². The van der Waals surface area contributed by atoms with Gasteiger partial charge in [-0.3, -0.25) is 0 Å². The number of imidazole rings is 1. The summed E-state index contributed by atoms with van der Waals surface area (Å²) in [7, 11) is 0. The Morgan fingerprint density at radius 2 is 2.13 bits per heavy atom. The normalized spacial score (nSPS) is 16.3. The predicted octanol–water partition coefficient (Wildman–Crippen LogP) is 3.84. The zero-order valence-electron chi connectivity index (χ0n) is 14.1. The number of nitrogens with zero attached hydrogens (tertiary/aromatic N) is 2. The molecule has 0 saturated carbocycles. The number of hydrogen-bond acceptors (Lipinski definition) is 3. The minimum atomic E-state index is -0.183. The average molecular weight is 315 g/mol. The van der Waals surface area contributed by atoms with Crippen LogP contribution in [0.1, 0.15) is 44.0 Å². The van der Waals surface area contributed by atoms with Crippen LogP contribution in [0.15, 0.2) is 18.2 Å². The fourth-order valence-electron chi connectivity index (χ4n) is 3.00. The third-order valence-corrected chi connectivity index (χ3v) is 4.34. The van der Waals surface area contributed by atoms with E-state index in [0.717, 1.165) is 42.8 Å². The van der Waals surface area contributed by atoms with Gasteiger partial charge >= 0.3 is 6.09 Å². The lowest BCUT2D eigenvalue weighted by atomic mass is 9.96. The minimum Gasteiger partial charge on any atom is -0.449 e. The molecule has 1 aromatic heterocycles. The molecular formula is C18H25N3O2. The molecule has 2 heterocycles. The van der Waals surface area contributed by atoms with E-state index in [1.807, 2.05) is 18.7 Å². The Morgan fingerprint density at radius 1 is 1.39 bits per heavy atom. The van der Waals surface area contributed by atoms with Crippen molar-refractivity contribution in [3.05, 3.63) is 29.6 Å². The number of ether oxygens (including phenoxy) is 1. The van der Waals surface area contributed by atoms with Crippen LogP contribution < -0.4 is 0 Å². The van der Waals surface area contributed by atoms with Gasteiger partial charge in [0.2, 0.25) is 0 Å². The molecule has 1 amide bonds. The second kappa shape index (κ2) is 6.60. The van der Waals surface area contributed by atoms with E-state index in [0.29, 0.717) is 18.4 Å². The van der Waals surface area contributed by atoms with Crippen molar-refractivity contribution in [1.82, 2.24) is 14.9 Å². The first-order valence-corrected chi connectivity index (χ1v) is 8.41. The summed E-state index contributed by atoms with van der Waals surface area (Å²) in [4.78, 5) is 22.0. The van der Waals surface area contributed by atoms with Crippen molar-refractivity contribution in [2.45, 2.75) is 39.5 Å². The van der Waals surface area contributed by atoms with Crippen LogP contribution in [-0.2, 0) is 4.74 Å². The van der Waals surface area contributed by atoms with E-state index in [2.05, 4.69) is 30.1 Å². The van der Waals surface area contributed by atoms with Crippen molar-refractivity contribution in [2.24, 2.45) is 5.92 Å². The first kappa shape index (κ1) is 15.8. The largest absolute Gasteiger partial charge is 0.449 e. The first-order valence-electron chi connectivity index (χ1n) is 8.41. The van der Waals surface area contributed by atoms with Crippen LogP contribution >= 0.6 is 0 Å². The van der Waals surface area contributed by atoms with E-state index in [-0.39, 0.29) is 6.09 Å². The molecule has 0 unspecified atom stereocenters. The molecule has 1 fully saturated rings. The average Bonchev–Trinajstić information content (AvgIpc) is 2.95. The molecule has 124 valence electrons. The Hall–Kier alpha value is -2.04. The second-order valence-corrected chi connectivity index (χ2v) is 6.87. The summed E-state index contributed by atoms with van der Waals surface area (Å²) in [5.74, 6) is 1.80. The number of H-pyrrole nitrogens is 1. The van der Waals surface area contributed by atoms with E-state index in [1.54, 1.807) is 0 Å². The maximum atomic E-state index is 12.0. The summed E-state index contributed by atoms with van der Waals surface area (Å²) in [6.07, 6.45) is 1.67. The number of amides is 1. The summed E-state index contributed by atoms with van der Waals surface area (Å²) in [6.45, 7) is 8.13. The highest BCUT2D eigenvalue weighted by Crippen LogP contribution is 2.28. The van der Waals surface area contributed by atoms with Crippen LogP contribution in [0.2, 0.25) is 0 Å². The number of likely N-dealkylation sites (tertiary alicyclic amines) is 1. The molecule has 0 atom stereocenters. The van der Waals surface area contributed by atoms with Gasteiger partial charge in [-0.15, -0.1) is 0 Å². The highest BCUT2D eigenvalue weighted by Gasteiger charge is 2.26. The zero-order chi connectivity index (χ0) is 16.4. The van der Waals surface area contributed by atoms with Crippen molar-refractivity contribution in [1.29, 1.82) is 0 Å². The van der Waals surface area contributed by atoms with Crippen molar-refractivity contribution in [2.75, 3.05) is 19.7 Å². The highest BCUT2D eigenvalue weighted by molar-refractivity contribution is 5.76. The molecule has 5 heteroatoms. The maximum Gasteiger partial charge on any atom is 0.409 e. The molecule has 0 aliphatic carbocycles. The van der Waals surface area contributed by atoms with Gasteiger partial charge in [0, 0.05) is 19.0 Å². The lowest BCUT2D eigenvalue weighted by Crippen LogP contribution is -2.38. The van der Waals surface area contributed by atoms with Gasteiger partial charge in [0.1, 0.15) is 5.82 Å². The lowest BCUT2D eigenvalue weighted by Gasteiger charge is -2.30. The summed E-state index contributed by atoms with van der Waals surface area (Å²) in [5, 5.41) is 0. The summed E-state index contributed by atoms with van der Waals surface area (Å²) < 4.78 is 5.31.